The zero-order chi connectivity index (χ0) is 18.0. The molecule has 3 aliphatic rings. The number of fused-ring (bicyclic) bond motifs is 3. The van der Waals surface area contributed by atoms with Gasteiger partial charge in [-0.05, 0) is 31.4 Å². The summed E-state index contributed by atoms with van der Waals surface area (Å²) in [6.07, 6.45) is 2.76. The lowest BCUT2D eigenvalue weighted by atomic mass is 10.1. The van der Waals surface area contributed by atoms with Crippen LogP contribution in [0.3, 0.4) is 0 Å². The van der Waals surface area contributed by atoms with Crippen LogP contribution in [0.2, 0.25) is 0 Å². The molecule has 2 N–H and O–H groups in total. The van der Waals surface area contributed by atoms with Crippen molar-refractivity contribution in [2.45, 2.75) is 37.4 Å². The van der Waals surface area contributed by atoms with Crippen molar-refractivity contribution in [3.05, 3.63) is 34.4 Å². The quantitative estimate of drug-likeness (QED) is 0.817. The Morgan fingerprint density at radius 2 is 2.12 bits per heavy atom. The Bertz CT molecular complexity index is 985. The van der Waals surface area contributed by atoms with Crippen LogP contribution in [0.25, 0.3) is 10.9 Å². The number of halogens is 1. The number of nitrogens with zero attached hydrogens (tertiary/aromatic N) is 2. The molecule has 0 radical (unpaired) electrons. The lowest BCUT2D eigenvalue weighted by Crippen LogP contribution is -2.44. The molecular formula is C18H18FN3O4. The second-order valence-corrected chi connectivity index (χ2v) is 7.30. The monoisotopic (exact) mass is 359 g/mol. The predicted molar refractivity (Wildman–Crippen MR) is 92.6 cm³/mol. The lowest BCUT2D eigenvalue weighted by Gasteiger charge is -2.30. The maximum atomic E-state index is 14.9. The molecule has 26 heavy (non-hydrogen) atoms. The summed E-state index contributed by atoms with van der Waals surface area (Å²) in [5, 5.41) is 12.4. The van der Waals surface area contributed by atoms with Gasteiger partial charge in [0, 0.05) is 31.2 Å². The number of hydrogen-bond donors (Lipinski definition) is 2. The van der Waals surface area contributed by atoms with Crippen molar-refractivity contribution >= 4 is 22.7 Å². The number of nitrogens with one attached hydrogen (secondary N) is 1. The molecule has 0 amide bonds. The Kier molecular flexibility index (Phi) is 3.27. The SMILES string of the molecule is O=C(O)Oc1cn(C2CC2)c2cc(N3CC4CC3CN4)c(F)cc2c1=O. The molecule has 8 heteroatoms. The van der Waals surface area contributed by atoms with E-state index in [2.05, 4.69) is 15.0 Å². The molecule has 3 heterocycles. The van der Waals surface area contributed by atoms with Crippen LogP contribution >= 0.6 is 0 Å². The summed E-state index contributed by atoms with van der Waals surface area (Å²) in [5.41, 5.74) is 0.531. The van der Waals surface area contributed by atoms with Crippen LogP contribution in [-0.4, -0.2) is 41.0 Å². The lowest BCUT2D eigenvalue weighted by molar-refractivity contribution is 0.143. The largest absolute Gasteiger partial charge is 0.511 e. The number of rotatable bonds is 3. The van der Waals surface area contributed by atoms with Crippen LogP contribution in [0.1, 0.15) is 25.3 Å². The molecule has 1 aromatic carbocycles. The van der Waals surface area contributed by atoms with E-state index in [9.17, 15) is 14.0 Å². The van der Waals surface area contributed by atoms with Gasteiger partial charge in [-0.1, -0.05) is 0 Å². The average molecular weight is 359 g/mol. The number of pyridine rings is 1. The number of benzene rings is 1. The summed E-state index contributed by atoms with van der Waals surface area (Å²) < 4.78 is 21.3. The first-order valence-corrected chi connectivity index (χ1v) is 8.80. The zero-order valence-corrected chi connectivity index (χ0v) is 13.9. The van der Waals surface area contributed by atoms with E-state index >= 15 is 0 Å². The van der Waals surface area contributed by atoms with Crippen LogP contribution in [0, 0.1) is 5.82 Å². The molecule has 5 rings (SSSR count). The summed E-state index contributed by atoms with van der Waals surface area (Å²) in [6, 6.07) is 3.79. The minimum absolute atomic E-state index is 0.152. The molecule has 2 bridgehead atoms. The molecule has 3 fully saturated rings. The number of piperazine rings is 1. The second kappa shape index (κ2) is 5.44. The molecule has 1 saturated carbocycles. The Morgan fingerprint density at radius 3 is 2.73 bits per heavy atom. The Balaban J connectivity index is 1.69. The van der Waals surface area contributed by atoms with E-state index in [-0.39, 0.29) is 23.2 Å². The number of anilines is 1. The third-order valence-corrected chi connectivity index (χ3v) is 5.57. The van der Waals surface area contributed by atoms with E-state index in [1.807, 2.05) is 4.57 Å². The van der Waals surface area contributed by atoms with Crippen molar-refractivity contribution in [3.63, 3.8) is 0 Å². The van der Waals surface area contributed by atoms with Gasteiger partial charge < -0.3 is 24.6 Å². The topological polar surface area (TPSA) is 83.8 Å². The Labute approximate surface area is 148 Å². The van der Waals surface area contributed by atoms with Crippen molar-refractivity contribution in [3.8, 4) is 5.75 Å². The molecule has 136 valence electrons. The summed E-state index contributed by atoms with van der Waals surface area (Å²) in [4.78, 5) is 25.5. The average Bonchev–Trinajstić information content (AvgIpc) is 3.23. The molecule has 1 aliphatic carbocycles. The zero-order valence-electron chi connectivity index (χ0n) is 13.9. The van der Waals surface area contributed by atoms with Crippen molar-refractivity contribution in [2.24, 2.45) is 0 Å². The Hall–Kier alpha value is -2.61. The van der Waals surface area contributed by atoms with Gasteiger partial charge in [0.25, 0.3) is 0 Å². The molecule has 2 aromatic rings. The van der Waals surface area contributed by atoms with E-state index in [0.717, 1.165) is 32.4 Å². The standard InChI is InChI=1S/C18H18FN3O4/c19-13-4-12-14(5-15(13)21-7-9-3-11(21)6-20-9)22(10-1-2-10)8-16(17(12)23)26-18(24)25/h4-5,8-11,20H,1-3,6-7H2,(H,24,25). The van der Waals surface area contributed by atoms with Gasteiger partial charge in [-0.3, -0.25) is 4.79 Å². The number of hydrogen-bond acceptors (Lipinski definition) is 5. The molecule has 2 unspecified atom stereocenters. The minimum Gasteiger partial charge on any atom is -0.449 e. The molecule has 7 nitrogen and oxygen atoms in total. The first-order valence-electron chi connectivity index (χ1n) is 8.80. The normalized spacial score (nSPS) is 24.4. The van der Waals surface area contributed by atoms with Gasteiger partial charge in [-0.15, -0.1) is 0 Å². The van der Waals surface area contributed by atoms with E-state index in [4.69, 9.17) is 5.11 Å². The van der Waals surface area contributed by atoms with Crippen LogP contribution in [-0.2, 0) is 0 Å². The van der Waals surface area contributed by atoms with Gasteiger partial charge in [-0.25, -0.2) is 9.18 Å². The highest BCUT2D eigenvalue weighted by Crippen LogP contribution is 2.40. The summed E-state index contributed by atoms with van der Waals surface area (Å²) >= 11 is 0. The first kappa shape index (κ1) is 15.6. The first-order chi connectivity index (χ1) is 12.5. The molecule has 2 aliphatic heterocycles. The maximum Gasteiger partial charge on any atom is 0.511 e. The van der Waals surface area contributed by atoms with Crippen LogP contribution in [0.15, 0.2) is 23.1 Å². The van der Waals surface area contributed by atoms with Crippen LogP contribution in [0.4, 0.5) is 14.9 Å². The summed E-state index contributed by atoms with van der Waals surface area (Å²) in [6.45, 7) is 1.59. The third kappa shape index (κ3) is 2.36. The predicted octanol–water partition coefficient (Wildman–Crippen LogP) is 2.08. The summed E-state index contributed by atoms with van der Waals surface area (Å²) in [7, 11) is 0. The van der Waals surface area contributed by atoms with E-state index in [1.165, 1.54) is 12.3 Å². The molecule has 2 saturated heterocycles. The van der Waals surface area contributed by atoms with Crippen molar-refractivity contribution in [1.29, 1.82) is 0 Å². The van der Waals surface area contributed by atoms with Gasteiger partial charge in [0.2, 0.25) is 5.43 Å². The van der Waals surface area contributed by atoms with Gasteiger partial charge in [0.05, 0.1) is 22.8 Å². The van der Waals surface area contributed by atoms with Crippen molar-refractivity contribution in [1.82, 2.24) is 9.88 Å². The Morgan fingerprint density at radius 1 is 1.31 bits per heavy atom. The second-order valence-electron chi connectivity index (χ2n) is 7.30. The fraction of sp³-hybridized carbons (Fsp3) is 0.444. The van der Waals surface area contributed by atoms with Crippen molar-refractivity contribution < 1.29 is 19.0 Å². The van der Waals surface area contributed by atoms with Crippen molar-refractivity contribution in [2.75, 3.05) is 18.0 Å². The van der Waals surface area contributed by atoms with Crippen LogP contribution in [0.5, 0.6) is 5.75 Å². The van der Waals surface area contributed by atoms with E-state index in [1.54, 1.807) is 6.07 Å². The number of carboxylic acid groups (broad SMARTS) is 1. The molecule has 0 spiro atoms. The van der Waals surface area contributed by atoms with E-state index < -0.39 is 17.4 Å². The smallest absolute Gasteiger partial charge is 0.449 e. The molecular weight excluding hydrogens is 341 g/mol. The third-order valence-electron chi connectivity index (χ3n) is 5.57. The highest BCUT2D eigenvalue weighted by Gasteiger charge is 2.39. The maximum absolute atomic E-state index is 14.9. The minimum atomic E-state index is -1.55. The van der Waals surface area contributed by atoms with Gasteiger partial charge in [0.15, 0.2) is 5.75 Å². The van der Waals surface area contributed by atoms with Gasteiger partial charge in [-0.2, -0.15) is 0 Å². The summed E-state index contributed by atoms with van der Waals surface area (Å²) in [5.74, 6) is -0.745. The van der Waals surface area contributed by atoms with Gasteiger partial charge in [0.1, 0.15) is 5.82 Å². The van der Waals surface area contributed by atoms with Gasteiger partial charge >= 0.3 is 6.16 Å². The fourth-order valence-corrected chi connectivity index (χ4v) is 4.23. The number of carbonyl (C=O) groups is 1. The fourth-order valence-electron chi connectivity index (χ4n) is 4.23. The molecule has 1 aromatic heterocycles. The highest BCUT2D eigenvalue weighted by atomic mass is 19.1. The number of aromatic nitrogens is 1. The highest BCUT2D eigenvalue weighted by molar-refractivity contribution is 5.85. The number of ether oxygens (including phenoxy) is 1. The molecule has 2 atom stereocenters. The van der Waals surface area contributed by atoms with Crippen LogP contribution < -0.4 is 20.4 Å². The van der Waals surface area contributed by atoms with E-state index in [0.29, 0.717) is 17.2 Å².